The maximum Gasteiger partial charge on any atom is 0.278 e. The summed E-state index contributed by atoms with van der Waals surface area (Å²) in [6.07, 6.45) is 0.638. The Morgan fingerprint density at radius 2 is 1.70 bits per heavy atom. The summed E-state index contributed by atoms with van der Waals surface area (Å²) in [5.74, 6) is 0.477. The van der Waals surface area contributed by atoms with Crippen LogP contribution in [0.5, 0.6) is 0 Å². The van der Waals surface area contributed by atoms with Crippen LogP contribution in [0.4, 0.5) is 0 Å². The summed E-state index contributed by atoms with van der Waals surface area (Å²) in [5.41, 5.74) is 4.57. The molecule has 3 rings (SSSR count). The van der Waals surface area contributed by atoms with Gasteiger partial charge in [-0.05, 0) is 53.8 Å². The number of benzene rings is 2. The molecule has 27 heavy (non-hydrogen) atoms. The summed E-state index contributed by atoms with van der Waals surface area (Å²) in [7, 11) is 0. The van der Waals surface area contributed by atoms with Gasteiger partial charge in [0.1, 0.15) is 5.25 Å². The van der Waals surface area contributed by atoms with Gasteiger partial charge < -0.3 is 4.42 Å². The fourth-order valence-electron chi connectivity index (χ4n) is 2.66. The third-order valence-electron chi connectivity index (χ3n) is 4.33. The third-order valence-corrected chi connectivity index (χ3v) is 5.26. The zero-order valence-corrected chi connectivity index (χ0v) is 16.9. The number of nitriles is 1. The van der Waals surface area contributed by atoms with Crippen molar-refractivity contribution in [3.63, 3.8) is 0 Å². The van der Waals surface area contributed by atoms with E-state index in [1.165, 1.54) is 22.9 Å². The molecule has 1 heterocycles. The van der Waals surface area contributed by atoms with Crippen molar-refractivity contribution in [2.45, 2.75) is 50.0 Å². The van der Waals surface area contributed by atoms with Gasteiger partial charge in [-0.25, -0.2) is 0 Å². The van der Waals surface area contributed by atoms with Crippen molar-refractivity contribution < 1.29 is 4.42 Å². The Morgan fingerprint density at radius 3 is 2.30 bits per heavy atom. The van der Waals surface area contributed by atoms with E-state index in [4.69, 9.17) is 4.42 Å². The Hall–Kier alpha value is -2.58. The van der Waals surface area contributed by atoms with Crippen LogP contribution in [0.3, 0.4) is 0 Å². The average molecular weight is 378 g/mol. The van der Waals surface area contributed by atoms with E-state index in [0.29, 0.717) is 17.5 Å². The summed E-state index contributed by atoms with van der Waals surface area (Å²) in [4.78, 5) is 0. The lowest BCUT2D eigenvalue weighted by Crippen LogP contribution is -2.10. The molecule has 0 radical (unpaired) electrons. The van der Waals surface area contributed by atoms with Gasteiger partial charge >= 0.3 is 0 Å². The second kappa shape index (κ2) is 7.98. The van der Waals surface area contributed by atoms with Crippen LogP contribution < -0.4 is 0 Å². The van der Waals surface area contributed by atoms with Crippen LogP contribution in [-0.2, 0) is 11.8 Å². The van der Waals surface area contributed by atoms with Crippen LogP contribution in [0.1, 0.15) is 37.5 Å². The smallest absolute Gasteiger partial charge is 0.278 e. The molecule has 0 N–H and O–H groups in total. The molecule has 0 bridgehead atoms. The standard InChI is InChI=1S/C22H23N3OS/c1-15-5-7-16(8-6-15)13-19(14-23)27-21-25-24-20(26-21)17-9-11-18(12-10-17)22(2,3)4/h5-12,19H,13H2,1-4H3/t19-/m0/s1. The van der Waals surface area contributed by atoms with E-state index < -0.39 is 0 Å². The number of aromatic nitrogens is 2. The molecule has 1 aromatic heterocycles. The van der Waals surface area contributed by atoms with Gasteiger partial charge in [-0.1, -0.05) is 62.7 Å². The van der Waals surface area contributed by atoms with Crippen molar-refractivity contribution in [1.82, 2.24) is 10.2 Å². The van der Waals surface area contributed by atoms with Gasteiger partial charge in [-0.2, -0.15) is 5.26 Å². The van der Waals surface area contributed by atoms with Crippen molar-refractivity contribution in [1.29, 1.82) is 5.26 Å². The number of hydrogen-bond donors (Lipinski definition) is 0. The molecule has 0 unspecified atom stereocenters. The Balaban J connectivity index is 1.69. The topological polar surface area (TPSA) is 62.7 Å². The molecule has 138 valence electrons. The van der Waals surface area contributed by atoms with Crippen LogP contribution >= 0.6 is 11.8 Å². The lowest BCUT2D eigenvalue weighted by molar-refractivity contribution is 0.465. The minimum absolute atomic E-state index is 0.102. The minimum Gasteiger partial charge on any atom is -0.411 e. The predicted molar refractivity (Wildman–Crippen MR) is 109 cm³/mol. The first-order valence-corrected chi connectivity index (χ1v) is 9.79. The molecule has 0 saturated heterocycles. The largest absolute Gasteiger partial charge is 0.411 e. The Bertz CT molecular complexity index is 931. The molecule has 0 saturated carbocycles. The molecule has 0 aliphatic carbocycles. The first-order valence-electron chi connectivity index (χ1n) is 8.91. The maximum absolute atomic E-state index is 9.47. The highest BCUT2D eigenvalue weighted by Gasteiger charge is 2.17. The van der Waals surface area contributed by atoms with Gasteiger partial charge in [0, 0.05) is 5.56 Å². The molecule has 0 fully saturated rings. The van der Waals surface area contributed by atoms with Crippen LogP contribution in [0, 0.1) is 18.3 Å². The summed E-state index contributed by atoms with van der Waals surface area (Å²) in [6, 6.07) is 18.7. The van der Waals surface area contributed by atoms with Gasteiger partial charge in [0.25, 0.3) is 5.22 Å². The fourth-order valence-corrected chi connectivity index (χ4v) is 3.45. The highest BCUT2D eigenvalue weighted by molar-refractivity contribution is 7.99. The van der Waals surface area contributed by atoms with Crippen molar-refractivity contribution in [2.75, 3.05) is 0 Å². The van der Waals surface area contributed by atoms with Gasteiger partial charge in [0.15, 0.2) is 0 Å². The van der Waals surface area contributed by atoms with Crippen molar-refractivity contribution in [2.24, 2.45) is 0 Å². The fraction of sp³-hybridized carbons (Fsp3) is 0.318. The molecular formula is C22H23N3OS. The molecule has 2 aromatic carbocycles. The molecule has 0 aliphatic rings. The van der Waals surface area contributed by atoms with Crippen molar-refractivity contribution >= 4 is 11.8 Å². The van der Waals surface area contributed by atoms with E-state index in [0.717, 1.165) is 11.1 Å². The first-order chi connectivity index (χ1) is 12.8. The van der Waals surface area contributed by atoms with Crippen molar-refractivity contribution in [3.05, 3.63) is 65.2 Å². The number of nitrogens with zero attached hydrogens (tertiary/aromatic N) is 3. The van der Waals surface area contributed by atoms with E-state index in [2.05, 4.69) is 73.4 Å². The lowest BCUT2D eigenvalue weighted by Gasteiger charge is -2.18. The molecule has 5 heteroatoms. The van der Waals surface area contributed by atoms with E-state index in [1.807, 2.05) is 19.1 Å². The number of rotatable bonds is 5. The third kappa shape index (κ3) is 4.99. The number of aryl methyl sites for hydroxylation is 1. The average Bonchev–Trinajstić information content (AvgIpc) is 3.11. The minimum atomic E-state index is -0.274. The van der Waals surface area contributed by atoms with E-state index in [-0.39, 0.29) is 10.7 Å². The summed E-state index contributed by atoms with van der Waals surface area (Å²) < 4.78 is 5.77. The second-order valence-corrected chi connectivity index (χ2v) is 8.78. The molecule has 0 amide bonds. The van der Waals surface area contributed by atoms with Crippen LogP contribution in [0.25, 0.3) is 11.5 Å². The molecule has 0 aliphatic heterocycles. The highest BCUT2D eigenvalue weighted by Crippen LogP contribution is 2.29. The molecule has 4 nitrogen and oxygen atoms in total. The number of hydrogen-bond acceptors (Lipinski definition) is 5. The Labute approximate surface area is 164 Å². The van der Waals surface area contributed by atoms with Gasteiger partial charge in [0.05, 0.1) is 6.07 Å². The summed E-state index contributed by atoms with van der Waals surface area (Å²) in [6.45, 7) is 8.59. The maximum atomic E-state index is 9.47. The summed E-state index contributed by atoms with van der Waals surface area (Å²) in [5, 5.41) is 17.9. The molecule has 3 aromatic rings. The molecule has 1 atom stereocenters. The SMILES string of the molecule is Cc1ccc(C[C@@H](C#N)Sc2nnc(-c3ccc(C(C)(C)C)cc3)o2)cc1. The van der Waals surface area contributed by atoms with Crippen molar-refractivity contribution in [3.8, 4) is 17.5 Å². The second-order valence-electron chi connectivity index (χ2n) is 7.63. The predicted octanol–water partition coefficient (Wildman–Crippen LogP) is 5.57. The van der Waals surface area contributed by atoms with Gasteiger partial charge in [-0.15, -0.1) is 10.2 Å². The molecular weight excluding hydrogens is 354 g/mol. The zero-order valence-electron chi connectivity index (χ0n) is 16.1. The highest BCUT2D eigenvalue weighted by atomic mass is 32.2. The normalized spacial score (nSPS) is 12.6. The van der Waals surface area contributed by atoms with E-state index in [1.54, 1.807) is 0 Å². The van der Waals surface area contributed by atoms with Crippen LogP contribution in [-0.4, -0.2) is 15.4 Å². The van der Waals surface area contributed by atoms with Crippen LogP contribution in [0.2, 0.25) is 0 Å². The van der Waals surface area contributed by atoms with Crippen LogP contribution in [0.15, 0.2) is 58.2 Å². The summed E-state index contributed by atoms with van der Waals surface area (Å²) >= 11 is 1.31. The van der Waals surface area contributed by atoms with E-state index in [9.17, 15) is 5.26 Å². The number of thioether (sulfide) groups is 1. The van der Waals surface area contributed by atoms with Gasteiger partial charge in [0.2, 0.25) is 5.89 Å². The zero-order chi connectivity index (χ0) is 19.4. The molecule has 0 spiro atoms. The first kappa shape index (κ1) is 19.2. The quantitative estimate of drug-likeness (QED) is 0.544. The van der Waals surface area contributed by atoms with E-state index >= 15 is 0 Å². The van der Waals surface area contributed by atoms with Gasteiger partial charge in [-0.3, -0.25) is 0 Å². The Kier molecular flexibility index (Phi) is 5.67. The monoisotopic (exact) mass is 377 g/mol. The Morgan fingerprint density at radius 1 is 1.04 bits per heavy atom. The lowest BCUT2D eigenvalue weighted by atomic mass is 9.87.